The highest BCUT2D eigenvalue weighted by Gasteiger charge is 2.28. The van der Waals surface area contributed by atoms with E-state index in [2.05, 4.69) is 68.3 Å². The second-order valence-electron chi connectivity index (χ2n) is 9.91. The quantitative estimate of drug-likeness (QED) is 0.315. The van der Waals surface area contributed by atoms with Crippen LogP contribution in [0.1, 0.15) is 51.5 Å². The molecule has 164 valence electrons. The molecule has 4 aromatic rings. The highest BCUT2D eigenvalue weighted by molar-refractivity contribution is 7.16. The number of nitrogens with one attached hydrogen (secondary N) is 1. The summed E-state index contributed by atoms with van der Waals surface area (Å²) in [6.07, 6.45) is 2.93. The molecule has 0 atom stereocenters. The molecule has 0 saturated heterocycles. The highest BCUT2D eigenvalue weighted by atomic mass is 35.5. The van der Waals surface area contributed by atoms with Gasteiger partial charge in [-0.3, -0.25) is 4.40 Å². The first-order chi connectivity index (χ1) is 15.1. The largest absolute Gasteiger partial charge is 0.364 e. The molecule has 5 heteroatoms. The van der Waals surface area contributed by atoms with E-state index in [1.165, 1.54) is 0 Å². The van der Waals surface area contributed by atoms with Crippen molar-refractivity contribution in [3.8, 4) is 22.4 Å². The van der Waals surface area contributed by atoms with Crippen LogP contribution >= 0.6 is 22.9 Å². The van der Waals surface area contributed by atoms with Crippen molar-refractivity contribution in [2.45, 2.75) is 46.6 Å². The molecule has 32 heavy (non-hydrogen) atoms. The van der Waals surface area contributed by atoms with Crippen LogP contribution in [0.5, 0.6) is 0 Å². The topological polar surface area (TPSA) is 29.3 Å². The lowest BCUT2D eigenvalue weighted by Gasteiger charge is -2.34. The minimum atomic E-state index is -0.127. The van der Waals surface area contributed by atoms with Crippen molar-refractivity contribution < 1.29 is 0 Å². The monoisotopic (exact) mass is 461 g/mol. The molecule has 0 aliphatic carbocycles. The predicted octanol–water partition coefficient (Wildman–Crippen LogP) is 7.74. The summed E-state index contributed by atoms with van der Waals surface area (Å²) < 4.78 is 2.05. The first kappa shape index (κ1) is 22.5. The molecule has 1 N–H and O–H groups in total. The molecule has 0 unspecified atom stereocenters. The molecule has 3 nitrogen and oxygen atoms in total. The first-order valence-corrected chi connectivity index (χ1v) is 11.9. The smallest absolute Gasteiger partial charge is 0.140 e. The Morgan fingerprint density at radius 2 is 1.72 bits per heavy atom. The summed E-state index contributed by atoms with van der Waals surface area (Å²) in [7, 11) is 0. The Morgan fingerprint density at radius 1 is 0.969 bits per heavy atom. The van der Waals surface area contributed by atoms with Gasteiger partial charge in [0.25, 0.3) is 0 Å². The number of anilines is 1. The third-order valence-electron chi connectivity index (χ3n) is 4.95. The average molecular weight is 462 g/mol. The van der Waals surface area contributed by atoms with Gasteiger partial charge in [-0.05, 0) is 62.1 Å². The van der Waals surface area contributed by atoms with Gasteiger partial charge in [-0.1, -0.05) is 62.4 Å². The van der Waals surface area contributed by atoms with Crippen LogP contribution in [0.4, 0.5) is 5.82 Å². The number of nitrogens with zero attached hydrogens (tertiary/aromatic N) is 2. The second kappa shape index (κ2) is 8.65. The number of halogens is 1. The maximum Gasteiger partial charge on any atom is 0.140 e. The molecule has 0 fully saturated rings. The van der Waals surface area contributed by atoms with Gasteiger partial charge in [0.15, 0.2) is 0 Å². The summed E-state index contributed by atoms with van der Waals surface area (Å²) in [5.74, 6) is 7.48. The van der Waals surface area contributed by atoms with Crippen LogP contribution < -0.4 is 5.32 Å². The number of aromatic nitrogens is 2. The van der Waals surface area contributed by atoms with E-state index in [9.17, 15) is 0 Å². The van der Waals surface area contributed by atoms with E-state index < -0.39 is 0 Å². The Hall–Kier alpha value is -2.74. The molecule has 0 radical (unpaired) electrons. The molecule has 0 spiro atoms. The van der Waals surface area contributed by atoms with Gasteiger partial charge >= 0.3 is 0 Å². The lowest BCUT2D eigenvalue weighted by atomic mass is 9.82. The summed E-state index contributed by atoms with van der Waals surface area (Å²) in [4.78, 5) is 7.03. The molecule has 0 saturated carbocycles. The van der Waals surface area contributed by atoms with Gasteiger partial charge in [0.2, 0.25) is 0 Å². The fourth-order valence-corrected chi connectivity index (χ4v) is 5.20. The third kappa shape index (κ3) is 5.35. The minimum absolute atomic E-state index is 0.127. The lowest BCUT2D eigenvalue weighted by Crippen LogP contribution is -2.36. The number of thiophene rings is 1. The van der Waals surface area contributed by atoms with Crippen molar-refractivity contribution >= 4 is 34.4 Å². The number of pyridine rings is 1. The van der Waals surface area contributed by atoms with Gasteiger partial charge in [-0.25, -0.2) is 4.98 Å². The number of benzene rings is 1. The number of fused-ring (bicyclic) bond motifs is 1. The normalized spacial score (nSPS) is 11.9. The van der Waals surface area contributed by atoms with Crippen LogP contribution in [0.2, 0.25) is 5.02 Å². The lowest BCUT2D eigenvalue weighted by molar-refractivity contribution is 0.302. The van der Waals surface area contributed by atoms with Crippen molar-refractivity contribution in [1.29, 1.82) is 0 Å². The van der Waals surface area contributed by atoms with E-state index >= 15 is 0 Å². The maximum atomic E-state index is 6.34. The molecule has 1 aromatic carbocycles. The van der Waals surface area contributed by atoms with Gasteiger partial charge < -0.3 is 5.32 Å². The van der Waals surface area contributed by atoms with Crippen LogP contribution in [-0.2, 0) is 0 Å². The Morgan fingerprint density at radius 3 is 2.44 bits per heavy atom. The number of rotatable bonds is 4. The Bertz CT molecular complexity index is 1300. The highest BCUT2D eigenvalue weighted by Crippen LogP contribution is 2.37. The fourth-order valence-electron chi connectivity index (χ4n) is 4.19. The molecular weight excluding hydrogens is 434 g/mol. The summed E-state index contributed by atoms with van der Waals surface area (Å²) in [5, 5.41) is 4.45. The summed E-state index contributed by atoms with van der Waals surface area (Å²) >= 11 is 7.99. The summed E-state index contributed by atoms with van der Waals surface area (Å²) in [5.41, 5.74) is 2.86. The van der Waals surface area contributed by atoms with E-state index in [4.69, 9.17) is 16.6 Å². The van der Waals surface area contributed by atoms with E-state index in [1.54, 1.807) is 11.3 Å². The molecule has 3 heterocycles. The van der Waals surface area contributed by atoms with E-state index in [0.717, 1.165) is 38.9 Å². The molecule has 3 aromatic heterocycles. The average Bonchev–Trinajstić information content (AvgIpc) is 3.30. The predicted molar refractivity (Wildman–Crippen MR) is 138 cm³/mol. The van der Waals surface area contributed by atoms with Crippen molar-refractivity contribution in [3.05, 3.63) is 76.3 Å². The van der Waals surface area contributed by atoms with Gasteiger partial charge in [-0.15, -0.1) is 11.3 Å². The van der Waals surface area contributed by atoms with Crippen LogP contribution in [0.15, 0.2) is 60.8 Å². The van der Waals surface area contributed by atoms with Gasteiger partial charge in [0.1, 0.15) is 17.2 Å². The van der Waals surface area contributed by atoms with Crippen molar-refractivity contribution in [1.82, 2.24) is 9.38 Å². The van der Waals surface area contributed by atoms with E-state index in [1.807, 2.05) is 48.7 Å². The van der Waals surface area contributed by atoms with Gasteiger partial charge in [0, 0.05) is 17.3 Å². The fraction of sp³-hybridized carbons (Fsp3) is 0.296. The SMILES string of the molecule is CC(C)(C)CC(C)(C)Nc1c(-c2ccc(C#Cc3ccccc3)s2)nc2ccc(Cl)cn12. The Balaban J connectivity index is 1.74. The van der Waals surface area contributed by atoms with E-state index in [-0.39, 0.29) is 11.0 Å². The zero-order valence-electron chi connectivity index (χ0n) is 19.2. The zero-order chi connectivity index (χ0) is 22.9. The van der Waals surface area contributed by atoms with Crippen LogP contribution in [0.25, 0.3) is 16.2 Å². The minimum Gasteiger partial charge on any atom is -0.364 e. The number of imidazole rings is 1. The van der Waals surface area contributed by atoms with Gasteiger partial charge in [0.05, 0.1) is 14.8 Å². The Labute approximate surface area is 199 Å². The molecular formula is C27H28ClN3S. The maximum absolute atomic E-state index is 6.34. The number of hydrogen-bond donors (Lipinski definition) is 1. The van der Waals surface area contributed by atoms with Crippen molar-refractivity contribution in [2.24, 2.45) is 5.41 Å². The van der Waals surface area contributed by atoms with Crippen LogP contribution in [0, 0.1) is 17.3 Å². The first-order valence-electron chi connectivity index (χ1n) is 10.7. The molecule has 0 amide bonds. The van der Waals surface area contributed by atoms with Crippen molar-refractivity contribution in [3.63, 3.8) is 0 Å². The van der Waals surface area contributed by atoms with Gasteiger partial charge in [-0.2, -0.15) is 0 Å². The second-order valence-corrected chi connectivity index (χ2v) is 11.4. The standard InChI is InChI=1S/C27H28ClN3S/c1-26(2,3)18-27(4,5)30-25-24(29-23-16-12-20(28)17-31(23)25)22-15-14-21(32-22)13-11-19-9-7-6-8-10-19/h6-10,12,14-17,30H,18H2,1-5H3. The molecule has 0 aliphatic heterocycles. The van der Waals surface area contributed by atoms with Crippen LogP contribution in [0.3, 0.4) is 0 Å². The molecule has 4 rings (SSSR count). The number of hydrogen-bond acceptors (Lipinski definition) is 3. The summed E-state index contributed by atoms with van der Waals surface area (Å²) in [6.45, 7) is 11.3. The zero-order valence-corrected chi connectivity index (χ0v) is 20.7. The summed E-state index contributed by atoms with van der Waals surface area (Å²) in [6, 6.07) is 18.0. The Kier molecular flexibility index (Phi) is 6.07. The third-order valence-corrected chi connectivity index (χ3v) is 6.19. The van der Waals surface area contributed by atoms with Crippen LogP contribution in [-0.4, -0.2) is 14.9 Å². The van der Waals surface area contributed by atoms with Crippen molar-refractivity contribution in [2.75, 3.05) is 5.32 Å². The van der Waals surface area contributed by atoms with E-state index in [0.29, 0.717) is 5.02 Å². The molecule has 0 aliphatic rings. The molecule has 0 bridgehead atoms.